The standard InChI is InChI=1S/C13H26N4O2/c1-11(18)15-12-6-9-17(10-7-12)8-4-2-3-5-13(19)16-14/h12H,2-10,14H2,1H3,(H,15,18)(H,16,19). The number of piperidine rings is 1. The predicted octanol–water partition coefficient (Wildman–Crippen LogP) is 0.137. The molecule has 4 N–H and O–H groups in total. The van der Waals surface area contributed by atoms with Gasteiger partial charge in [0.05, 0.1) is 0 Å². The molecule has 1 saturated heterocycles. The zero-order valence-electron chi connectivity index (χ0n) is 11.8. The van der Waals surface area contributed by atoms with E-state index in [1.165, 1.54) is 0 Å². The molecule has 0 aromatic rings. The predicted molar refractivity (Wildman–Crippen MR) is 74.1 cm³/mol. The number of nitrogens with one attached hydrogen (secondary N) is 2. The van der Waals surface area contributed by atoms with E-state index in [4.69, 9.17) is 5.84 Å². The Bertz CT molecular complexity index is 288. The minimum atomic E-state index is -0.0869. The lowest BCUT2D eigenvalue weighted by Crippen LogP contribution is -2.44. The first-order chi connectivity index (χ1) is 9.11. The molecule has 1 aliphatic rings. The second kappa shape index (κ2) is 8.87. The Morgan fingerprint density at radius 1 is 1.21 bits per heavy atom. The van der Waals surface area contributed by atoms with Crippen LogP contribution in [0.5, 0.6) is 0 Å². The highest BCUT2D eigenvalue weighted by Gasteiger charge is 2.18. The summed E-state index contributed by atoms with van der Waals surface area (Å²) in [5.74, 6) is 4.99. The number of hydrogen-bond donors (Lipinski definition) is 3. The van der Waals surface area contributed by atoms with E-state index in [-0.39, 0.29) is 11.8 Å². The maximum Gasteiger partial charge on any atom is 0.233 e. The van der Waals surface area contributed by atoms with Gasteiger partial charge in [-0.15, -0.1) is 0 Å². The van der Waals surface area contributed by atoms with Crippen molar-refractivity contribution < 1.29 is 9.59 Å². The van der Waals surface area contributed by atoms with Gasteiger partial charge in [-0.05, 0) is 32.2 Å². The molecule has 0 atom stereocenters. The SMILES string of the molecule is CC(=O)NC1CCN(CCCCCC(=O)NN)CC1. The summed E-state index contributed by atoms with van der Waals surface area (Å²) < 4.78 is 0. The van der Waals surface area contributed by atoms with Crippen molar-refractivity contribution >= 4 is 11.8 Å². The highest BCUT2D eigenvalue weighted by molar-refractivity contribution is 5.75. The average Bonchev–Trinajstić information content (AvgIpc) is 2.39. The second-order valence-corrected chi connectivity index (χ2v) is 5.19. The largest absolute Gasteiger partial charge is 0.354 e. The lowest BCUT2D eigenvalue weighted by molar-refractivity contribution is -0.121. The van der Waals surface area contributed by atoms with Gasteiger partial charge in [0.25, 0.3) is 0 Å². The van der Waals surface area contributed by atoms with Gasteiger partial charge in [-0.3, -0.25) is 15.0 Å². The topological polar surface area (TPSA) is 87.5 Å². The lowest BCUT2D eigenvalue weighted by atomic mass is 10.0. The van der Waals surface area contributed by atoms with Crippen LogP contribution >= 0.6 is 0 Å². The molecule has 6 nitrogen and oxygen atoms in total. The van der Waals surface area contributed by atoms with E-state index in [9.17, 15) is 9.59 Å². The molecule has 1 fully saturated rings. The maximum absolute atomic E-state index is 11.0. The van der Waals surface area contributed by atoms with Gasteiger partial charge >= 0.3 is 0 Å². The van der Waals surface area contributed by atoms with E-state index in [0.717, 1.165) is 51.7 Å². The van der Waals surface area contributed by atoms with Crippen LogP contribution in [0.2, 0.25) is 0 Å². The van der Waals surface area contributed by atoms with Gasteiger partial charge in [0.2, 0.25) is 11.8 Å². The number of nitrogens with two attached hydrogens (primary N) is 1. The van der Waals surface area contributed by atoms with E-state index in [2.05, 4.69) is 15.6 Å². The molecule has 0 aromatic heterocycles. The molecule has 0 spiro atoms. The normalized spacial score (nSPS) is 17.2. The van der Waals surface area contributed by atoms with Crippen molar-refractivity contribution in [3.63, 3.8) is 0 Å². The number of amides is 2. The third kappa shape index (κ3) is 7.12. The fourth-order valence-corrected chi connectivity index (χ4v) is 2.46. The number of nitrogens with zero attached hydrogens (tertiary/aromatic N) is 1. The first-order valence-electron chi connectivity index (χ1n) is 7.10. The molecule has 1 aliphatic heterocycles. The van der Waals surface area contributed by atoms with Gasteiger partial charge < -0.3 is 10.2 Å². The van der Waals surface area contributed by atoms with Crippen LogP contribution in [-0.2, 0) is 9.59 Å². The molecule has 0 aliphatic carbocycles. The van der Waals surface area contributed by atoms with Crippen LogP contribution in [0.1, 0.15) is 45.4 Å². The Balaban J connectivity index is 2.00. The van der Waals surface area contributed by atoms with Crippen LogP contribution in [0.25, 0.3) is 0 Å². The monoisotopic (exact) mass is 270 g/mol. The van der Waals surface area contributed by atoms with Crippen LogP contribution < -0.4 is 16.6 Å². The Morgan fingerprint density at radius 2 is 1.89 bits per heavy atom. The third-order valence-corrected chi connectivity index (χ3v) is 3.53. The number of carbonyl (C=O) groups excluding carboxylic acids is 2. The van der Waals surface area contributed by atoms with E-state index < -0.39 is 0 Å². The highest BCUT2D eigenvalue weighted by Crippen LogP contribution is 2.11. The zero-order valence-corrected chi connectivity index (χ0v) is 11.8. The number of rotatable bonds is 7. The highest BCUT2D eigenvalue weighted by atomic mass is 16.2. The van der Waals surface area contributed by atoms with Crippen LogP contribution in [-0.4, -0.2) is 42.4 Å². The van der Waals surface area contributed by atoms with Gasteiger partial charge in [-0.1, -0.05) is 6.42 Å². The number of carbonyl (C=O) groups is 2. The van der Waals surface area contributed by atoms with Crippen molar-refractivity contribution in [1.29, 1.82) is 0 Å². The molecule has 0 radical (unpaired) electrons. The van der Waals surface area contributed by atoms with E-state index >= 15 is 0 Å². The Hall–Kier alpha value is -1.14. The van der Waals surface area contributed by atoms with Gasteiger partial charge in [-0.25, -0.2) is 5.84 Å². The minimum absolute atomic E-state index is 0.0663. The summed E-state index contributed by atoms with van der Waals surface area (Å²) in [6.45, 7) is 4.75. The summed E-state index contributed by atoms with van der Waals surface area (Å²) in [7, 11) is 0. The van der Waals surface area contributed by atoms with Crippen LogP contribution in [0.3, 0.4) is 0 Å². The summed E-state index contributed by atoms with van der Waals surface area (Å²) in [6, 6.07) is 0.349. The number of hydrazine groups is 1. The van der Waals surface area contributed by atoms with Crippen molar-refractivity contribution in [2.45, 2.75) is 51.5 Å². The fourth-order valence-electron chi connectivity index (χ4n) is 2.46. The fraction of sp³-hybridized carbons (Fsp3) is 0.846. The van der Waals surface area contributed by atoms with Gasteiger partial charge in [0.15, 0.2) is 0 Å². The molecule has 1 rings (SSSR count). The summed E-state index contributed by atoms with van der Waals surface area (Å²) in [5, 5.41) is 2.98. The molecule has 6 heteroatoms. The maximum atomic E-state index is 11.0. The molecule has 0 aromatic carbocycles. The molecular weight excluding hydrogens is 244 g/mol. The van der Waals surface area contributed by atoms with Crippen molar-refractivity contribution in [2.24, 2.45) is 5.84 Å². The Morgan fingerprint density at radius 3 is 2.47 bits per heavy atom. The average molecular weight is 270 g/mol. The molecule has 0 unspecified atom stereocenters. The quantitative estimate of drug-likeness (QED) is 0.266. The molecular formula is C13H26N4O2. The van der Waals surface area contributed by atoms with Crippen molar-refractivity contribution in [1.82, 2.24) is 15.6 Å². The first kappa shape index (κ1) is 15.9. The number of likely N-dealkylation sites (tertiary alicyclic amines) is 1. The molecule has 0 saturated carbocycles. The number of unbranched alkanes of at least 4 members (excludes halogenated alkanes) is 2. The first-order valence-corrected chi connectivity index (χ1v) is 7.10. The van der Waals surface area contributed by atoms with Crippen LogP contribution in [0, 0.1) is 0 Å². The van der Waals surface area contributed by atoms with Gasteiger partial charge in [-0.2, -0.15) is 0 Å². The van der Waals surface area contributed by atoms with Crippen molar-refractivity contribution in [3.8, 4) is 0 Å². The summed E-state index contributed by atoms with van der Waals surface area (Å²) in [5.41, 5.74) is 2.14. The molecule has 19 heavy (non-hydrogen) atoms. The third-order valence-electron chi connectivity index (χ3n) is 3.53. The molecule has 1 heterocycles. The zero-order chi connectivity index (χ0) is 14.1. The van der Waals surface area contributed by atoms with Crippen LogP contribution in [0.4, 0.5) is 0 Å². The second-order valence-electron chi connectivity index (χ2n) is 5.19. The lowest BCUT2D eigenvalue weighted by Gasteiger charge is -2.32. The molecule has 0 bridgehead atoms. The van der Waals surface area contributed by atoms with Gasteiger partial charge in [0, 0.05) is 32.5 Å². The van der Waals surface area contributed by atoms with E-state index in [1.807, 2.05) is 0 Å². The molecule has 2 amide bonds. The molecule has 110 valence electrons. The Labute approximate surface area is 115 Å². The number of hydrogen-bond acceptors (Lipinski definition) is 4. The minimum Gasteiger partial charge on any atom is -0.354 e. The Kier molecular flexibility index (Phi) is 7.43. The van der Waals surface area contributed by atoms with Crippen LogP contribution in [0.15, 0.2) is 0 Å². The van der Waals surface area contributed by atoms with E-state index in [1.54, 1.807) is 6.92 Å². The summed E-state index contributed by atoms with van der Waals surface area (Å²) in [6.07, 6.45) is 5.65. The summed E-state index contributed by atoms with van der Waals surface area (Å²) >= 11 is 0. The van der Waals surface area contributed by atoms with Crippen molar-refractivity contribution in [2.75, 3.05) is 19.6 Å². The van der Waals surface area contributed by atoms with E-state index in [0.29, 0.717) is 12.5 Å². The summed E-state index contributed by atoms with van der Waals surface area (Å²) in [4.78, 5) is 24.3. The van der Waals surface area contributed by atoms with Gasteiger partial charge in [0.1, 0.15) is 0 Å². The smallest absolute Gasteiger partial charge is 0.233 e. The van der Waals surface area contributed by atoms with Crippen molar-refractivity contribution in [3.05, 3.63) is 0 Å².